The molecule has 0 bridgehead atoms. The van der Waals surface area contributed by atoms with Crippen LogP contribution in [0.5, 0.6) is 0 Å². The lowest BCUT2D eigenvalue weighted by atomic mass is 10.1. The summed E-state index contributed by atoms with van der Waals surface area (Å²) in [5.74, 6) is -1.16. The molecule has 14 heteroatoms. The molecule has 0 aliphatic rings. The van der Waals surface area contributed by atoms with Crippen LogP contribution in [0.25, 0.3) is 22.7 Å². The van der Waals surface area contributed by atoms with Crippen LogP contribution in [0.2, 0.25) is 5.02 Å². The van der Waals surface area contributed by atoms with Gasteiger partial charge in [-0.3, -0.25) is 4.90 Å². The number of nitrogen functional groups attached to an aromatic ring is 2. The molecule has 4 N–H and O–H groups in total. The number of carbonyl (C=O) groups excluding carboxylic acids is 1. The topological polar surface area (TPSA) is 147 Å². The molecule has 0 radical (unpaired) electrons. The average molecular weight is 649 g/mol. The van der Waals surface area contributed by atoms with Crippen molar-refractivity contribution in [2.45, 2.75) is 39.3 Å². The van der Waals surface area contributed by atoms with Crippen LogP contribution in [-0.2, 0) is 22.4 Å². The lowest BCUT2D eigenvalue weighted by Gasteiger charge is -2.25. The van der Waals surface area contributed by atoms with E-state index in [4.69, 9.17) is 32.5 Å². The molecule has 3 aromatic heterocycles. The fourth-order valence-corrected chi connectivity index (χ4v) is 5.01. The Morgan fingerprint density at radius 2 is 1.76 bits per heavy atom. The summed E-state index contributed by atoms with van der Waals surface area (Å²) in [7, 11) is 1.20. The predicted octanol–water partition coefficient (Wildman–Crippen LogP) is 6.46. The second-order valence-corrected chi connectivity index (χ2v) is 11.7. The van der Waals surface area contributed by atoms with Crippen LogP contribution in [0.15, 0.2) is 61.3 Å². The van der Waals surface area contributed by atoms with E-state index in [0.29, 0.717) is 38.7 Å². The van der Waals surface area contributed by atoms with E-state index in [1.54, 1.807) is 36.4 Å². The number of ether oxygens (including phenoxy) is 2. The predicted molar refractivity (Wildman–Crippen MR) is 172 cm³/mol. The van der Waals surface area contributed by atoms with E-state index in [1.165, 1.54) is 23.9 Å². The molecule has 46 heavy (non-hydrogen) atoms. The molecule has 0 spiro atoms. The van der Waals surface area contributed by atoms with Gasteiger partial charge in [0.2, 0.25) is 0 Å². The molecule has 5 aromatic rings. The Bertz CT molecular complexity index is 1950. The summed E-state index contributed by atoms with van der Waals surface area (Å²) in [6.07, 6.45) is 0.285. The van der Waals surface area contributed by atoms with Gasteiger partial charge >= 0.3 is 6.09 Å². The Morgan fingerprint density at radius 1 is 1.07 bits per heavy atom. The summed E-state index contributed by atoms with van der Waals surface area (Å²) < 4.78 is 40.8. The fourth-order valence-electron chi connectivity index (χ4n) is 4.77. The number of nitrogens with zero attached hydrogens (tertiary/aromatic N) is 6. The Labute approximate surface area is 268 Å². The van der Waals surface area contributed by atoms with Crippen LogP contribution in [0, 0.1) is 11.6 Å². The van der Waals surface area contributed by atoms with Gasteiger partial charge in [-0.25, -0.2) is 18.6 Å². The second-order valence-electron chi connectivity index (χ2n) is 11.3. The summed E-state index contributed by atoms with van der Waals surface area (Å²) in [5, 5.41) is 4.83. The van der Waals surface area contributed by atoms with Crippen LogP contribution in [0.3, 0.4) is 0 Å². The molecule has 0 aliphatic heterocycles. The number of methoxy groups -OCH3 is 1. The van der Waals surface area contributed by atoms with Gasteiger partial charge in [-0.2, -0.15) is 19.7 Å². The molecule has 1 amide bonds. The third kappa shape index (κ3) is 6.69. The number of halogens is 3. The van der Waals surface area contributed by atoms with E-state index < -0.39 is 23.3 Å². The second kappa shape index (κ2) is 12.6. The molecule has 0 fully saturated rings. The molecule has 0 unspecified atom stereocenters. The molecular formula is C32H31ClF2N8O3. The minimum atomic E-state index is -0.807. The van der Waals surface area contributed by atoms with Crippen molar-refractivity contribution in [2.24, 2.45) is 0 Å². The summed E-state index contributed by atoms with van der Waals surface area (Å²) in [6, 6.07) is 12.5. The minimum absolute atomic E-state index is 0.0384. The molecule has 5 rings (SSSR count). The number of aromatic nitrogens is 5. The number of nitrogens with two attached hydrogens (primary N) is 2. The number of amides is 1. The van der Waals surface area contributed by atoms with Crippen molar-refractivity contribution in [1.29, 1.82) is 0 Å². The van der Waals surface area contributed by atoms with E-state index in [2.05, 4.69) is 26.6 Å². The van der Waals surface area contributed by atoms with Crippen LogP contribution in [0.1, 0.15) is 43.2 Å². The largest absolute Gasteiger partial charge is 0.488 e. The van der Waals surface area contributed by atoms with E-state index in [1.807, 2.05) is 20.8 Å². The van der Waals surface area contributed by atoms with Gasteiger partial charge in [0, 0.05) is 23.1 Å². The number of benzene rings is 2. The summed E-state index contributed by atoms with van der Waals surface area (Å²) in [5.41, 5.74) is 14.6. The highest BCUT2D eigenvalue weighted by Gasteiger charge is 2.27. The zero-order valence-electron chi connectivity index (χ0n) is 25.5. The normalized spacial score (nSPS) is 11.5. The smallest absolute Gasteiger partial charge is 0.414 e. The number of fused-ring (bicyclic) bond motifs is 1. The zero-order valence-corrected chi connectivity index (χ0v) is 26.3. The molecular weight excluding hydrogens is 618 g/mol. The van der Waals surface area contributed by atoms with Crippen molar-refractivity contribution in [2.75, 3.05) is 23.5 Å². The van der Waals surface area contributed by atoms with Crippen molar-refractivity contribution < 1.29 is 23.0 Å². The summed E-state index contributed by atoms with van der Waals surface area (Å²) in [6.45, 7) is 9.57. The van der Waals surface area contributed by atoms with Crippen LogP contribution in [-0.4, -0.2) is 43.5 Å². The number of anilines is 3. The standard InChI is InChI=1S/C32H31ClF2N8O3/c1-17(46-32(2,3)4)18-10-11-20(22(33)12-18)16-42(31(44)45-5)27-28(36)39-30(40-29(27)37)43-25-14-21(34)15-38-26(25)24(41-43)13-19-8-6-7-9-23(19)35/h6-12,14-15H,1,13,16H2,2-5H3,(H4,36,37,39,40). The molecule has 3 heterocycles. The highest BCUT2D eigenvalue weighted by molar-refractivity contribution is 6.31. The van der Waals surface area contributed by atoms with Gasteiger partial charge in [0.05, 0.1) is 31.1 Å². The van der Waals surface area contributed by atoms with Crippen molar-refractivity contribution in [3.63, 3.8) is 0 Å². The molecule has 0 saturated carbocycles. The van der Waals surface area contributed by atoms with Gasteiger partial charge in [0.15, 0.2) is 11.6 Å². The molecule has 0 saturated heterocycles. The number of rotatable bonds is 8. The maximum absolute atomic E-state index is 14.5. The maximum Gasteiger partial charge on any atom is 0.414 e. The lowest BCUT2D eigenvalue weighted by Crippen LogP contribution is -2.32. The fraction of sp³-hybridized carbons (Fsp3) is 0.219. The van der Waals surface area contributed by atoms with Gasteiger partial charge in [0.1, 0.15) is 34.2 Å². The van der Waals surface area contributed by atoms with Crippen LogP contribution in [0.4, 0.5) is 30.9 Å². The summed E-state index contributed by atoms with van der Waals surface area (Å²) >= 11 is 6.61. The first-order valence-corrected chi connectivity index (χ1v) is 14.4. The van der Waals surface area contributed by atoms with Crippen molar-refractivity contribution in [3.8, 4) is 5.95 Å². The molecule has 0 aliphatic carbocycles. The third-order valence-corrected chi connectivity index (χ3v) is 7.14. The maximum atomic E-state index is 14.5. The molecule has 2 aromatic carbocycles. The van der Waals surface area contributed by atoms with Crippen molar-refractivity contribution >= 4 is 51.8 Å². The monoisotopic (exact) mass is 648 g/mol. The average Bonchev–Trinajstić information content (AvgIpc) is 3.34. The molecule has 11 nitrogen and oxygen atoms in total. The molecule has 238 valence electrons. The number of hydrogen-bond donors (Lipinski definition) is 2. The SMILES string of the molecule is C=C(OC(C)(C)C)c1ccc(CN(C(=O)OC)c2c(N)nc(-n3nc(Cc4ccccc4F)c4ncc(F)cc43)nc2N)c(Cl)c1. The Kier molecular flexibility index (Phi) is 8.79. The Morgan fingerprint density at radius 3 is 2.39 bits per heavy atom. The quantitative estimate of drug-likeness (QED) is 0.181. The number of carbonyl (C=O) groups is 1. The van der Waals surface area contributed by atoms with E-state index in [9.17, 15) is 13.6 Å². The van der Waals surface area contributed by atoms with E-state index in [0.717, 1.165) is 11.1 Å². The minimum Gasteiger partial charge on any atom is -0.488 e. The van der Waals surface area contributed by atoms with Gasteiger partial charge in [-0.15, -0.1) is 0 Å². The zero-order chi connectivity index (χ0) is 33.3. The first kappa shape index (κ1) is 32.1. The van der Waals surface area contributed by atoms with Gasteiger partial charge < -0.3 is 20.9 Å². The van der Waals surface area contributed by atoms with Crippen LogP contribution >= 0.6 is 11.6 Å². The number of hydrogen-bond acceptors (Lipinski definition) is 9. The number of pyridine rings is 1. The van der Waals surface area contributed by atoms with Gasteiger partial charge in [-0.1, -0.05) is 48.5 Å². The third-order valence-electron chi connectivity index (χ3n) is 6.79. The lowest BCUT2D eigenvalue weighted by molar-refractivity contribution is 0.0976. The first-order valence-electron chi connectivity index (χ1n) is 14.0. The van der Waals surface area contributed by atoms with Gasteiger partial charge in [0.25, 0.3) is 5.95 Å². The first-order chi connectivity index (χ1) is 21.8. The van der Waals surface area contributed by atoms with E-state index in [-0.39, 0.29) is 41.8 Å². The van der Waals surface area contributed by atoms with Gasteiger partial charge in [-0.05, 0) is 44.0 Å². The Hall–Kier alpha value is -5.30. The van der Waals surface area contributed by atoms with E-state index >= 15 is 0 Å². The van der Waals surface area contributed by atoms with Crippen molar-refractivity contribution in [1.82, 2.24) is 24.7 Å². The summed E-state index contributed by atoms with van der Waals surface area (Å²) in [4.78, 5) is 27.0. The highest BCUT2D eigenvalue weighted by Crippen LogP contribution is 2.34. The van der Waals surface area contributed by atoms with Crippen molar-refractivity contribution in [3.05, 3.63) is 100 Å². The highest BCUT2D eigenvalue weighted by atomic mass is 35.5. The molecule has 0 atom stereocenters. The Balaban J connectivity index is 1.52. The van der Waals surface area contributed by atoms with Crippen LogP contribution < -0.4 is 16.4 Å².